The van der Waals surface area contributed by atoms with Gasteiger partial charge < -0.3 is 14.6 Å². The van der Waals surface area contributed by atoms with Crippen LogP contribution in [0.2, 0.25) is 0 Å². The average Bonchev–Trinajstić information content (AvgIpc) is 2.99. The van der Waals surface area contributed by atoms with Crippen LogP contribution in [0, 0.1) is 0 Å². The van der Waals surface area contributed by atoms with Crippen LogP contribution in [0.15, 0.2) is 35.8 Å². The van der Waals surface area contributed by atoms with Gasteiger partial charge in [0.25, 0.3) is 0 Å². The number of fused-ring (bicyclic) bond motifs is 1. The first-order chi connectivity index (χ1) is 9.33. The molecule has 0 aliphatic rings. The number of ether oxygens (including phenoxy) is 2. The minimum absolute atomic E-state index is 0.137. The fraction of sp³-hybridized carbons (Fsp3) is 0.154. The molecule has 0 unspecified atom stereocenters. The summed E-state index contributed by atoms with van der Waals surface area (Å²) in [6.45, 7) is -0.137. The van der Waals surface area contributed by atoms with E-state index in [4.69, 9.17) is 9.47 Å². The van der Waals surface area contributed by atoms with Crippen molar-refractivity contribution >= 4 is 16.3 Å². The van der Waals surface area contributed by atoms with Crippen LogP contribution in [0.3, 0.4) is 0 Å². The largest absolute Gasteiger partial charge is 0.493 e. The molecule has 19 heavy (non-hydrogen) atoms. The number of hydrogen-bond donors (Lipinski definition) is 1. The SMILES string of the molecule is COc1ccccc1Oc1nc2sccn2c1CO. The first-order valence-corrected chi connectivity index (χ1v) is 6.57. The van der Waals surface area contributed by atoms with Crippen LogP contribution >= 0.6 is 11.3 Å². The zero-order valence-corrected chi connectivity index (χ0v) is 11.1. The Morgan fingerprint density at radius 3 is 2.84 bits per heavy atom. The van der Waals surface area contributed by atoms with Crippen molar-refractivity contribution in [2.24, 2.45) is 0 Å². The smallest absolute Gasteiger partial charge is 0.244 e. The summed E-state index contributed by atoms with van der Waals surface area (Å²) in [4.78, 5) is 5.14. The third-order valence-corrected chi connectivity index (χ3v) is 3.51. The van der Waals surface area contributed by atoms with E-state index in [1.807, 2.05) is 34.2 Å². The summed E-state index contributed by atoms with van der Waals surface area (Å²) >= 11 is 1.49. The summed E-state index contributed by atoms with van der Waals surface area (Å²) in [5, 5.41) is 11.4. The maximum Gasteiger partial charge on any atom is 0.244 e. The van der Waals surface area contributed by atoms with Crippen LogP contribution in [0.4, 0.5) is 0 Å². The molecular formula is C13H12N2O3S. The highest BCUT2D eigenvalue weighted by molar-refractivity contribution is 7.15. The Labute approximate surface area is 113 Å². The molecule has 5 nitrogen and oxygen atoms in total. The lowest BCUT2D eigenvalue weighted by Crippen LogP contribution is -1.95. The number of aromatic nitrogens is 2. The van der Waals surface area contributed by atoms with Crippen molar-refractivity contribution < 1.29 is 14.6 Å². The number of aliphatic hydroxyl groups is 1. The third kappa shape index (κ3) is 2.05. The molecule has 0 saturated carbocycles. The summed E-state index contributed by atoms with van der Waals surface area (Å²) in [5.74, 6) is 1.60. The van der Waals surface area contributed by atoms with Gasteiger partial charge in [0, 0.05) is 11.6 Å². The molecule has 0 fully saturated rings. The normalized spacial score (nSPS) is 10.8. The molecule has 2 aromatic heterocycles. The zero-order valence-electron chi connectivity index (χ0n) is 10.2. The van der Waals surface area contributed by atoms with Crippen molar-refractivity contribution in [2.75, 3.05) is 7.11 Å². The molecule has 0 spiro atoms. The molecule has 0 aliphatic carbocycles. The summed E-state index contributed by atoms with van der Waals surface area (Å²) in [7, 11) is 1.58. The molecule has 2 heterocycles. The minimum atomic E-state index is -0.137. The second-order valence-corrected chi connectivity index (χ2v) is 4.70. The van der Waals surface area contributed by atoms with E-state index in [-0.39, 0.29) is 6.61 Å². The van der Waals surface area contributed by atoms with E-state index >= 15 is 0 Å². The van der Waals surface area contributed by atoms with Crippen LogP contribution in [0.25, 0.3) is 4.96 Å². The molecule has 0 amide bonds. The predicted molar refractivity (Wildman–Crippen MR) is 72.1 cm³/mol. The zero-order chi connectivity index (χ0) is 13.2. The van der Waals surface area contributed by atoms with Crippen LogP contribution < -0.4 is 9.47 Å². The monoisotopic (exact) mass is 276 g/mol. The molecule has 6 heteroatoms. The third-order valence-electron chi connectivity index (χ3n) is 2.75. The van der Waals surface area contributed by atoms with Gasteiger partial charge in [-0.25, -0.2) is 0 Å². The molecule has 3 rings (SSSR count). The summed E-state index contributed by atoms with van der Waals surface area (Å²) in [6.07, 6.45) is 1.85. The van der Waals surface area contributed by atoms with Gasteiger partial charge in [-0.05, 0) is 12.1 Å². The maximum absolute atomic E-state index is 9.46. The molecule has 3 aromatic rings. The fourth-order valence-corrected chi connectivity index (χ4v) is 2.57. The van der Waals surface area contributed by atoms with Gasteiger partial charge in [-0.3, -0.25) is 4.40 Å². The summed E-state index contributed by atoms with van der Waals surface area (Å²) < 4.78 is 12.8. The highest BCUT2D eigenvalue weighted by Crippen LogP contribution is 2.33. The van der Waals surface area contributed by atoms with Gasteiger partial charge >= 0.3 is 0 Å². The van der Waals surface area contributed by atoms with E-state index in [9.17, 15) is 5.11 Å². The fourth-order valence-electron chi connectivity index (χ4n) is 1.85. The molecule has 1 N–H and O–H groups in total. The first-order valence-electron chi connectivity index (χ1n) is 5.69. The summed E-state index contributed by atoms with van der Waals surface area (Å²) in [6, 6.07) is 7.33. The lowest BCUT2D eigenvalue weighted by molar-refractivity contribution is 0.269. The van der Waals surface area contributed by atoms with E-state index in [2.05, 4.69) is 4.98 Å². The number of benzene rings is 1. The van der Waals surface area contributed by atoms with Crippen molar-refractivity contribution in [3.63, 3.8) is 0 Å². The van der Waals surface area contributed by atoms with Crippen LogP contribution in [0.5, 0.6) is 17.4 Å². The lowest BCUT2D eigenvalue weighted by atomic mass is 10.3. The Hall–Kier alpha value is -2.05. The van der Waals surface area contributed by atoms with Crippen molar-refractivity contribution in [2.45, 2.75) is 6.61 Å². The van der Waals surface area contributed by atoms with Gasteiger partial charge in [-0.2, -0.15) is 4.98 Å². The number of hydrogen-bond acceptors (Lipinski definition) is 5. The number of imidazole rings is 1. The molecule has 0 atom stereocenters. The summed E-state index contributed by atoms with van der Waals surface area (Å²) in [5.41, 5.74) is 0.627. The average molecular weight is 276 g/mol. The Balaban J connectivity index is 2.02. The van der Waals surface area contributed by atoms with Crippen LogP contribution in [-0.2, 0) is 6.61 Å². The number of rotatable bonds is 4. The second kappa shape index (κ2) is 4.91. The van der Waals surface area contributed by atoms with Gasteiger partial charge in [0.1, 0.15) is 5.69 Å². The molecule has 0 radical (unpaired) electrons. The minimum Gasteiger partial charge on any atom is -0.493 e. The van der Waals surface area contributed by atoms with Gasteiger partial charge in [0.2, 0.25) is 5.88 Å². The van der Waals surface area contributed by atoms with Crippen molar-refractivity contribution in [1.82, 2.24) is 9.38 Å². The van der Waals surface area contributed by atoms with Crippen molar-refractivity contribution in [3.05, 3.63) is 41.5 Å². The molecule has 0 saturated heterocycles. The number of nitrogens with zero attached hydrogens (tertiary/aromatic N) is 2. The second-order valence-electron chi connectivity index (χ2n) is 3.83. The van der Waals surface area contributed by atoms with Gasteiger partial charge in [0.15, 0.2) is 16.5 Å². The molecular weight excluding hydrogens is 264 g/mol. The van der Waals surface area contributed by atoms with Crippen molar-refractivity contribution in [1.29, 1.82) is 0 Å². The number of para-hydroxylation sites is 2. The first kappa shape index (κ1) is 12.0. The molecule has 0 aliphatic heterocycles. The Morgan fingerprint density at radius 2 is 2.11 bits per heavy atom. The molecule has 0 bridgehead atoms. The standard InChI is InChI=1S/C13H12N2O3S/c1-17-10-4-2-3-5-11(10)18-12-9(8-16)15-6-7-19-13(15)14-12/h2-7,16H,8H2,1H3. The van der Waals surface area contributed by atoms with E-state index in [0.717, 1.165) is 4.96 Å². The Morgan fingerprint density at radius 1 is 1.32 bits per heavy atom. The number of thiazole rings is 1. The van der Waals surface area contributed by atoms with Gasteiger partial charge in [-0.15, -0.1) is 11.3 Å². The van der Waals surface area contributed by atoms with Crippen molar-refractivity contribution in [3.8, 4) is 17.4 Å². The highest BCUT2D eigenvalue weighted by atomic mass is 32.1. The Bertz CT molecular complexity index is 705. The van der Waals surface area contributed by atoms with Gasteiger partial charge in [-0.1, -0.05) is 12.1 Å². The molecule has 1 aromatic carbocycles. The number of aliphatic hydroxyl groups excluding tert-OH is 1. The predicted octanol–water partition coefficient (Wildman–Crippen LogP) is 2.69. The lowest BCUT2D eigenvalue weighted by Gasteiger charge is -2.08. The quantitative estimate of drug-likeness (QED) is 0.796. The van der Waals surface area contributed by atoms with E-state index in [0.29, 0.717) is 23.1 Å². The van der Waals surface area contributed by atoms with E-state index in [1.54, 1.807) is 13.2 Å². The number of methoxy groups -OCH3 is 1. The maximum atomic E-state index is 9.46. The van der Waals surface area contributed by atoms with E-state index in [1.165, 1.54) is 11.3 Å². The Kier molecular flexibility index (Phi) is 3.10. The van der Waals surface area contributed by atoms with Crippen LogP contribution in [0.1, 0.15) is 5.69 Å². The van der Waals surface area contributed by atoms with Crippen LogP contribution in [-0.4, -0.2) is 21.6 Å². The highest BCUT2D eigenvalue weighted by Gasteiger charge is 2.15. The van der Waals surface area contributed by atoms with Gasteiger partial charge in [0.05, 0.1) is 13.7 Å². The molecule has 98 valence electrons. The topological polar surface area (TPSA) is 56.0 Å². The van der Waals surface area contributed by atoms with E-state index < -0.39 is 0 Å².